The highest BCUT2D eigenvalue weighted by molar-refractivity contribution is 8.76. The quantitative estimate of drug-likeness (QED) is 0.217. The van der Waals surface area contributed by atoms with E-state index < -0.39 is 36.0 Å². The van der Waals surface area contributed by atoms with Crippen LogP contribution >= 0.6 is 21.6 Å². The molecule has 0 saturated carbocycles. The molecule has 2 fully saturated rings. The lowest BCUT2D eigenvalue weighted by atomic mass is 9.95. The lowest BCUT2D eigenvalue weighted by Crippen LogP contribution is -2.62. The summed E-state index contributed by atoms with van der Waals surface area (Å²) in [7, 11) is 4.97. The second-order valence-corrected chi connectivity index (χ2v) is 14.1. The summed E-state index contributed by atoms with van der Waals surface area (Å²) < 4.78 is 5.27. The van der Waals surface area contributed by atoms with E-state index in [4.69, 9.17) is 4.74 Å². The third-order valence-electron chi connectivity index (χ3n) is 8.48. The Morgan fingerprint density at radius 3 is 2.42 bits per heavy atom. The van der Waals surface area contributed by atoms with Crippen molar-refractivity contribution in [3.8, 4) is 5.75 Å². The van der Waals surface area contributed by atoms with Crippen LogP contribution < -0.4 is 20.7 Å². The molecule has 1 unspecified atom stereocenters. The van der Waals surface area contributed by atoms with Crippen molar-refractivity contribution in [3.05, 3.63) is 54.2 Å². The van der Waals surface area contributed by atoms with Crippen molar-refractivity contribution in [1.29, 1.82) is 0 Å². The van der Waals surface area contributed by atoms with E-state index in [1.165, 1.54) is 0 Å². The SMILES string of the molecule is CCC(C)[C@@H]1NC(=O)[C@@H](Cc2ccc(OC)cc2)NC(=O)[C@H](CCCCCSSc2ccccn2)NC(=O)[C@H]2CCCN2C1=O. The Labute approximate surface area is 274 Å². The number of benzene rings is 1. The van der Waals surface area contributed by atoms with Gasteiger partial charge in [0.15, 0.2) is 0 Å². The van der Waals surface area contributed by atoms with Gasteiger partial charge in [0.2, 0.25) is 23.6 Å². The van der Waals surface area contributed by atoms with Crippen LogP contribution in [-0.2, 0) is 25.6 Å². The summed E-state index contributed by atoms with van der Waals surface area (Å²) in [4.78, 5) is 60.9. The first-order chi connectivity index (χ1) is 21.8. The molecular weight excluding hydrogens is 611 g/mol. The molecule has 3 heterocycles. The minimum atomic E-state index is -0.932. The van der Waals surface area contributed by atoms with Crippen LogP contribution in [0.15, 0.2) is 53.7 Å². The van der Waals surface area contributed by atoms with Crippen LogP contribution in [0.25, 0.3) is 0 Å². The summed E-state index contributed by atoms with van der Waals surface area (Å²) in [5.74, 6) is 0.0953. The van der Waals surface area contributed by atoms with Crippen molar-refractivity contribution in [2.75, 3.05) is 19.4 Å². The van der Waals surface area contributed by atoms with E-state index in [-0.39, 0.29) is 24.2 Å². The number of hydrogen-bond acceptors (Lipinski definition) is 8. The topological polar surface area (TPSA) is 130 Å². The van der Waals surface area contributed by atoms with E-state index >= 15 is 0 Å². The molecule has 10 nitrogen and oxygen atoms in total. The predicted octanol–water partition coefficient (Wildman–Crippen LogP) is 4.14. The van der Waals surface area contributed by atoms with Gasteiger partial charge in [0.05, 0.1) is 7.11 Å². The minimum Gasteiger partial charge on any atom is -0.497 e. The minimum absolute atomic E-state index is 0.153. The van der Waals surface area contributed by atoms with Crippen molar-refractivity contribution >= 4 is 45.2 Å². The summed E-state index contributed by atoms with van der Waals surface area (Å²) in [5.41, 5.74) is 0.830. The van der Waals surface area contributed by atoms with Crippen LogP contribution in [-0.4, -0.2) is 77.1 Å². The number of pyridine rings is 1. The van der Waals surface area contributed by atoms with Gasteiger partial charge in [0.25, 0.3) is 0 Å². The molecule has 3 N–H and O–H groups in total. The molecule has 0 bridgehead atoms. The smallest absolute Gasteiger partial charge is 0.246 e. The van der Waals surface area contributed by atoms with Gasteiger partial charge < -0.3 is 25.6 Å². The van der Waals surface area contributed by atoms with Gasteiger partial charge in [0, 0.05) is 24.9 Å². The monoisotopic (exact) mass is 655 g/mol. The zero-order valence-corrected chi connectivity index (χ0v) is 28.0. The van der Waals surface area contributed by atoms with Gasteiger partial charge in [0.1, 0.15) is 34.9 Å². The molecule has 12 heteroatoms. The summed E-state index contributed by atoms with van der Waals surface area (Å²) in [6, 6.07) is 9.95. The zero-order valence-electron chi connectivity index (χ0n) is 26.3. The summed E-state index contributed by atoms with van der Waals surface area (Å²) >= 11 is 0. The van der Waals surface area contributed by atoms with E-state index in [1.54, 1.807) is 51.9 Å². The number of amides is 4. The molecule has 2 aliphatic heterocycles. The first-order valence-corrected chi connectivity index (χ1v) is 18.2. The van der Waals surface area contributed by atoms with E-state index in [1.807, 2.05) is 44.2 Å². The summed E-state index contributed by atoms with van der Waals surface area (Å²) in [6.45, 7) is 4.33. The van der Waals surface area contributed by atoms with Crippen molar-refractivity contribution < 1.29 is 23.9 Å². The van der Waals surface area contributed by atoms with E-state index in [9.17, 15) is 19.2 Å². The van der Waals surface area contributed by atoms with Gasteiger partial charge in [-0.1, -0.05) is 62.1 Å². The number of nitrogens with one attached hydrogen (secondary N) is 3. The predicted molar refractivity (Wildman–Crippen MR) is 178 cm³/mol. The second-order valence-electron chi connectivity index (χ2n) is 11.7. The molecule has 0 spiro atoms. The van der Waals surface area contributed by atoms with Crippen LogP contribution in [0.1, 0.15) is 64.4 Å². The molecule has 2 aliphatic rings. The molecule has 1 aromatic heterocycles. The van der Waals surface area contributed by atoms with Crippen LogP contribution in [0.5, 0.6) is 5.75 Å². The Morgan fingerprint density at radius 1 is 0.956 bits per heavy atom. The molecule has 0 aliphatic carbocycles. The maximum atomic E-state index is 13.8. The molecule has 2 aromatic rings. The zero-order chi connectivity index (χ0) is 32.2. The molecule has 2 saturated heterocycles. The molecule has 244 valence electrons. The molecule has 0 radical (unpaired) electrons. The van der Waals surface area contributed by atoms with Gasteiger partial charge in [-0.2, -0.15) is 0 Å². The van der Waals surface area contributed by atoms with E-state index in [0.29, 0.717) is 38.0 Å². The highest BCUT2D eigenvalue weighted by atomic mass is 33.1. The van der Waals surface area contributed by atoms with Gasteiger partial charge in [-0.05, 0) is 72.2 Å². The Balaban J connectivity index is 1.48. The average Bonchev–Trinajstić information content (AvgIpc) is 3.56. The number of carbonyl (C=O) groups is 4. The van der Waals surface area contributed by atoms with Crippen molar-refractivity contribution in [2.45, 2.75) is 94.4 Å². The molecule has 4 rings (SSSR count). The Morgan fingerprint density at radius 2 is 1.71 bits per heavy atom. The normalized spacial score (nSPS) is 23.2. The van der Waals surface area contributed by atoms with Crippen molar-refractivity contribution in [1.82, 2.24) is 25.8 Å². The molecular formula is C33H45N5O5S2. The fourth-order valence-corrected chi connectivity index (χ4v) is 7.64. The number of hydrogen-bond donors (Lipinski definition) is 3. The number of rotatable bonds is 13. The highest BCUT2D eigenvalue weighted by Crippen LogP contribution is 2.30. The largest absolute Gasteiger partial charge is 0.497 e. The first-order valence-electron chi connectivity index (χ1n) is 15.9. The van der Waals surface area contributed by atoms with Crippen LogP contribution in [0.3, 0.4) is 0 Å². The fraction of sp³-hybridized carbons (Fsp3) is 0.545. The third-order valence-corrected chi connectivity index (χ3v) is 10.8. The number of nitrogens with zero attached hydrogens (tertiary/aromatic N) is 2. The van der Waals surface area contributed by atoms with Crippen molar-refractivity contribution in [2.24, 2.45) is 5.92 Å². The Hall–Kier alpha value is -3.25. The molecule has 1 aromatic carbocycles. The summed E-state index contributed by atoms with van der Waals surface area (Å²) in [6.07, 6.45) is 6.89. The summed E-state index contributed by atoms with van der Waals surface area (Å²) in [5, 5.41) is 9.82. The number of ether oxygens (including phenoxy) is 1. The van der Waals surface area contributed by atoms with E-state index in [2.05, 4.69) is 20.9 Å². The lowest BCUT2D eigenvalue weighted by Gasteiger charge is -2.34. The van der Waals surface area contributed by atoms with Crippen molar-refractivity contribution in [3.63, 3.8) is 0 Å². The molecule has 5 atom stereocenters. The van der Waals surface area contributed by atoms with Gasteiger partial charge >= 0.3 is 0 Å². The third kappa shape index (κ3) is 9.87. The maximum absolute atomic E-state index is 13.8. The number of fused-ring (bicyclic) bond motifs is 1. The molecule has 45 heavy (non-hydrogen) atoms. The molecule has 4 amide bonds. The Kier molecular flexibility index (Phi) is 13.4. The van der Waals surface area contributed by atoms with Crippen LogP contribution in [0.4, 0.5) is 0 Å². The number of methoxy groups -OCH3 is 1. The standard InChI is InChI=1S/C33H45N5O5S2/c1-4-22(2)29-33(42)38-19-10-12-27(38)32(41)35-25(11-6-5-9-20-44-45-28-13-7-8-18-34-28)30(39)36-26(31(40)37-29)21-23-14-16-24(43-3)17-15-23/h7-8,13-18,22,25-27,29H,4-6,9-12,19-21H2,1-3H3,(H,35,41)(H,36,39)(H,37,40)/t22?,25-,26+,27+,29-/m0/s1. The number of aromatic nitrogens is 1. The van der Waals surface area contributed by atoms with Crippen LogP contribution in [0, 0.1) is 5.92 Å². The van der Waals surface area contributed by atoms with E-state index in [0.717, 1.165) is 35.6 Å². The van der Waals surface area contributed by atoms with Gasteiger partial charge in [-0.15, -0.1) is 0 Å². The Bertz CT molecular complexity index is 1280. The maximum Gasteiger partial charge on any atom is 0.246 e. The van der Waals surface area contributed by atoms with Gasteiger partial charge in [-0.25, -0.2) is 4.98 Å². The highest BCUT2D eigenvalue weighted by Gasteiger charge is 2.41. The number of unbranched alkanes of at least 4 members (excludes halogenated alkanes) is 2. The lowest BCUT2D eigenvalue weighted by molar-refractivity contribution is -0.144. The fourth-order valence-electron chi connectivity index (χ4n) is 5.62. The average molecular weight is 656 g/mol. The van der Waals surface area contributed by atoms with Crippen LogP contribution in [0.2, 0.25) is 0 Å². The number of carbonyl (C=O) groups excluding carboxylic acids is 4. The second kappa shape index (κ2) is 17.4. The first kappa shape index (κ1) is 34.6. The van der Waals surface area contributed by atoms with Gasteiger partial charge in [-0.3, -0.25) is 19.2 Å².